The maximum absolute atomic E-state index is 14.4. The Labute approximate surface area is 390 Å². The summed E-state index contributed by atoms with van der Waals surface area (Å²) in [6, 6.07) is 15.0. The Hall–Kier alpha value is -4.56. The van der Waals surface area contributed by atoms with Gasteiger partial charge in [0.25, 0.3) is 0 Å². The molecule has 4 atom stereocenters. The van der Waals surface area contributed by atoms with E-state index in [0.717, 1.165) is 62.0 Å². The zero-order valence-corrected chi connectivity index (χ0v) is 39.3. The number of amides is 4. The third-order valence-corrected chi connectivity index (χ3v) is 14.3. The number of rotatable bonds is 12. The number of carbonyl (C=O) groups is 2. The molecular formula is C47H54Cl4N10O2. The minimum absolute atomic E-state index is 0.00292. The van der Waals surface area contributed by atoms with Crippen molar-refractivity contribution in [2.75, 3.05) is 40.3 Å². The van der Waals surface area contributed by atoms with Crippen LogP contribution in [0.4, 0.5) is 9.59 Å². The summed E-state index contributed by atoms with van der Waals surface area (Å²) >= 11 is 27.1. The number of nitrogens with one attached hydrogen (secondary N) is 2. The van der Waals surface area contributed by atoms with Gasteiger partial charge in [-0.1, -0.05) is 94.9 Å². The Balaban J connectivity index is 1.05. The third-order valence-electron chi connectivity index (χ3n) is 12.5. The van der Waals surface area contributed by atoms with Crippen LogP contribution in [0.5, 0.6) is 0 Å². The van der Waals surface area contributed by atoms with Gasteiger partial charge in [-0.2, -0.15) is 0 Å². The molecule has 0 saturated carbocycles. The van der Waals surface area contributed by atoms with Gasteiger partial charge in [0.1, 0.15) is 0 Å². The largest absolute Gasteiger partial charge is 0.331 e. The maximum Gasteiger partial charge on any atom is 0.318 e. The number of aromatic nitrogens is 4. The molecule has 2 aromatic heterocycles. The first kappa shape index (κ1) is 46.4. The van der Waals surface area contributed by atoms with E-state index in [1.165, 1.54) is 0 Å². The molecule has 2 aliphatic rings. The monoisotopic (exact) mass is 930 g/mol. The summed E-state index contributed by atoms with van der Waals surface area (Å²) < 4.78 is 0. The summed E-state index contributed by atoms with van der Waals surface area (Å²) in [6.07, 6.45) is 13.0. The summed E-state index contributed by atoms with van der Waals surface area (Å²) in [7, 11) is 4.26. The van der Waals surface area contributed by atoms with Crippen LogP contribution in [0.1, 0.15) is 86.8 Å². The number of benzene rings is 3. The normalized spacial score (nSPS) is 18.4. The zero-order valence-electron chi connectivity index (χ0n) is 36.2. The lowest BCUT2D eigenvalue weighted by atomic mass is 9.90. The van der Waals surface area contributed by atoms with E-state index in [9.17, 15) is 9.59 Å². The van der Waals surface area contributed by atoms with Gasteiger partial charge in [0, 0.05) is 73.7 Å². The molecule has 2 N–H and O–H groups in total. The summed E-state index contributed by atoms with van der Waals surface area (Å²) in [5.74, 6) is 0. The molecule has 2 saturated heterocycles. The quantitative estimate of drug-likeness (QED) is 0.127. The van der Waals surface area contributed by atoms with E-state index in [-0.39, 0.29) is 30.2 Å². The topological polar surface area (TPSA) is 123 Å². The SMILES string of the molecule is CCN(C(=O)NC(C)c1ccc(-c2cnccn2)c(Cl)c1Cl)C1CCN(C)C(c2cccc(CN(C(=O)NC(C)c3ccc(-c4cnccn4)c(Cl)c3Cl)C3CCN(C)CC3)c2)C1. The first-order valence-electron chi connectivity index (χ1n) is 21.4. The summed E-state index contributed by atoms with van der Waals surface area (Å²) in [4.78, 5) is 54.0. The molecule has 4 amide bonds. The van der Waals surface area contributed by atoms with E-state index < -0.39 is 12.1 Å². The molecule has 3 aromatic carbocycles. The zero-order chi connectivity index (χ0) is 44.8. The number of likely N-dealkylation sites (tertiary alicyclic amines) is 2. The fourth-order valence-corrected chi connectivity index (χ4v) is 10.0. The van der Waals surface area contributed by atoms with Crippen LogP contribution < -0.4 is 10.6 Å². The van der Waals surface area contributed by atoms with Gasteiger partial charge in [-0.25, -0.2) is 9.59 Å². The van der Waals surface area contributed by atoms with E-state index >= 15 is 0 Å². The summed E-state index contributed by atoms with van der Waals surface area (Å²) in [5, 5.41) is 7.90. The smallest absolute Gasteiger partial charge is 0.318 e. The van der Waals surface area contributed by atoms with Gasteiger partial charge >= 0.3 is 12.1 Å². The molecule has 0 aliphatic carbocycles. The second kappa shape index (κ2) is 21.0. The Morgan fingerprint density at radius 1 is 0.714 bits per heavy atom. The van der Waals surface area contributed by atoms with Gasteiger partial charge in [0.2, 0.25) is 0 Å². The molecule has 332 valence electrons. The van der Waals surface area contributed by atoms with Crippen molar-refractivity contribution in [3.8, 4) is 22.5 Å². The van der Waals surface area contributed by atoms with E-state index in [1.807, 2.05) is 54.8 Å². The highest BCUT2D eigenvalue weighted by atomic mass is 35.5. The molecule has 7 rings (SSSR count). The average Bonchev–Trinajstić information content (AvgIpc) is 3.29. The number of hydrogen-bond donors (Lipinski definition) is 2. The molecule has 16 heteroatoms. The van der Waals surface area contributed by atoms with Crippen LogP contribution >= 0.6 is 46.4 Å². The van der Waals surface area contributed by atoms with Crippen LogP contribution in [0.3, 0.4) is 0 Å². The molecule has 0 spiro atoms. The number of piperidine rings is 2. The fourth-order valence-electron chi connectivity index (χ4n) is 8.84. The lowest BCUT2D eigenvalue weighted by molar-refractivity contribution is 0.0966. The Morgan fingerprint density at radius 3 is 1.78 bits per heavy atom. The summed E-state index contributed by atoms with van der Waals surface area (Å²) in [6.45, 7) is 9.45. The lowest BCUT2D eigenvalue weighted by Gasteiger charge is -2.42. The van der Waals surface area contributed by atoms with Crippen LogP contribution in [0.25, 0.3) is 22.5 Å². The molecule has 0 bridgehead atoms. The van der Waals surface area contributed by atoms with Crippen LogP contribution in [0.15, 0.2) is 85.7 Å². The van der Waals surface area contributed by atoms with Crippen LogP contribution in [-0.4, -0.2) is 104 Å². The first-order valence-corrected chi connectivity index (χ1v) is 23.0. The summed E-state index contributed by atoms with van der Waals surface area (Å²) in [5.41, 5.74) is 6.21. The van der Waals surface area contributed by atoms with Crippen LogP contribution in [-0.2, 0) is 6.54 Å². The van der Waals surface area contributed by atoms with Crippen molar-refractivity contribution in [2.24, 2.45) is 0 Å². The number of halogens is 4. The van der Waals surface area contributed by atoms with Gasteiger partial charge in [-0.15, -0.1) is 0 Å². The molecule has 63 heavy (non-hydrogen) atoms. The molecule has 4 heterocycles. The Bertz CT molecular complexity index is 2370. The average molecular weight is 933 g/mol. The van der Waals surface area contributed by atoms with E-state index in [1.54, 1.807) is 37.2 Å². The highest BCUT2D eigenvalue weighted by Gasteiger charge is 2.34. The number of urea groups is 2. The minimum Gasteiger partial charge on any atom is -0.331 e. The Morgan fingerprint density at radius 2 is 1.25 bits per heavy atom. The second-order valence-electron chi connectivity index (χ2n) is 16.6. The van der Waals surface area contributed by atoms with Gasteiger partial charge in [-0.05, 0) is 95.9 Å². The number of hydrogen-bond acceptors (Lipinski definition) is 8. The van der Waals surface area contributed by atoms with E-state index in [0.29, 0.717) is 61.3 Å². The molecule has 2 aliphatic heterocycles. The van der Waals surface area contributed by atoms with E-state index in [4.69, 9.17) is 46.4 Å². The molecular weight excluding hydrogens is 878 g/mol. The van der Waals surface area contributed by atoms with Gasteiger partial charge in [-0.3, -0.25) is 24.8 Å². The first-order chi connectivity index (χ1) is 30.3. The van der Waals surface area contributed by atoms with Gasteiger partial charge < -0.3 is 25.3 Å². The predicted octanol–water partition coefficient (Wildman–Crippen LogP) is 10.5. The maximum atomic E-state index is 14.4. The van der Waals surface area contributed by atoms with Crippen LogP contribution in [0, 0.1) is 0 Å². The minimum atomic E-state index is -0.418. The third kappa shape index (κ3) is 10.7. The molecule has 5 aromatic rings. The highest BCUT2D eigenvalue weighted by molar-refractivity contribution is 6.44. The van der Waals surface area contributed by atoms with Crippen molar-refractivity contribution in [1.82, 2.24) is 50.2 Å². The van der Waals surface area contributed by atoms with Crippen molar-refractivity contribution in [3.05, 3.63) is 128 Å². The predicted molar refractivity (Wildman–Crippen MR) is 252 cm³/mol. The van der Waals surface area contributed by atoms with Gasteiger partial charge in [0.05, 0.1) is 56.0 Å². The van der Waals surface area contributed by atoms with Gasteiger partial charge in [0.15, 0.2) is 0 Å². The highest BCUT2D eigenvalue weighted by Crippen LogP contribution is 2.39. The molecule has 12 nitrogen and oxygen atoms in total. The van der Waals surface area contributed by atoms with Crippen LogP contribution in [0.2, 0.25) is 20.1 Å². The fraction of sp³-hybridized carbons (Fsp3) is 0.404. The molecule has 0 radical (unpaired) electrons. The van der Waals surface area contributed by atoms with Crippen molar-refractivity contribution in [3.63, 3.8) is 0 Å². The standard InChI is InChI=1S/C47H54Cl4N10O2/c1-6-60(46(62)56-29(2)35-10-12-37(44(50)42(35)48)39-26-52-17-19-54-39)34-16-23-59(5)41(25-34)32-9-7-8-31(24-32)28-61(33-14-21-58(4)22-15-33)47(63)57-30(3)36-11-13-38(45(51)43(36)49)40-27-53-18-20-55-40/h7-13,17-20,24,26-27,29-30,33-34,41H,6,14-16,21-23,25,28H2,1-5H3,(H,56,62)(H,57,63). The molecule has 2 fully saturated rings. The van der Waals surface area contributed by atoms with Crippen molar-refractivity contribution < 1.29 is 9.59 Å². The van der Waals surface area contributed by atoms with Crippen molar-refractivity contribution >= 4 is 58.5 Å². The Kier molecular flexibility index (Phi) is 15.4. The molecule has 4 unspecified atom stereocenters. The van der Waals surface area contributed by atoms with E-state index in [2.05, 4.69) is 78.7 Å². The number of nitrogens with zero attached hydrogens (tertiary/aromatic N) is 8. The second-order valence-corrected chi connectivity index (χ2v) is 18.1. The van der Waals surface area contributed by atoms with Crippen molar-refractivity contribution in [2.45, 2.75) is 83.2 Å². The lowest BCUT2D eigenvalue weighted by Crippen LogP contribution is -2.51. The van der Waals surface area contributed by atoms with Crippen molar-refractivity contribution in [1.29, 1.82) is 0 Å². The number of carbonyl (C=O) groups excluding carboxylic acids is 2.